The molecule has 2 saturated carbocycles. The summed E-state index contributed by atoms with van der Waals surface area (Å²) in [5.74, 6) is 1.68. The van der Waals surface area contributed by atoms with E-state index < -0.39 is 0 Å². The molecule has 0 bridgehead atoms. The minimum absolute atomic E-state index is 0.194. The molecule has 26 heavy (non-hydrogen) atoms. The molecule has 1 N–H and O–H groups in total. The van der Waals surface area contributed by atoms with Gasteiger partial charge in [0.1, 0.15) is 6.07 Å². The van der Waals surface area contributed by atoms with Crippen LogP contribution >= 0.6 is 0 Å². The summed E-state index contributed by atoms with van der Waals surface area (Å²) < 4.78 is 0. The van der Waals surface area contributed by atoms with E-state index in [9.17, 15) is 10.1 Å². The Morgan fingerprint density at radius 1 is 1.12 bits per heavy atom. The number of carbonyl (C=O) groups excluding carboxylic acids is 1. The number of nitriles is 1. The average molecular weight is 352 g/mol. The van der Waals surface area contributed by atoms with E-state index in [1.54, 1.807) is 0 Å². The molecule has 1 aliphatic heterocycles. The molecule has 138 valence electrons. The quantitative estimate of drug-likeness (QED) is 0.854. The summed E-state index contributed by atoms with van der Waals surface area (Å²) in [6, 6.07) is 10.5. The van der Waals surface area contributed by atoms with Gasteiger partial charge < -0.3 is 10.2 Å². The van der Waals surface area contributed by atoms with Gasteiger partial charge in [-0.25, -0.2) is 0 Å². The molecule has 0 spiro atoms. The molecule has 0 aromatic heterocycles. The second-order valence-corrected chi connectivity index (χ2v) is 8.01. The molecule has 1 saturated heterocycles. The average Bonchev–Trinajstić information content (AvgIpc) is 3.53. The van der Waals surface area contributed by atoms with Crippen molar-refractivity contribution in [2.45, 2.75) is 38.1 Å². The summed E-state index contributed by atoms with van der Waals surface area (Å²) in [5, 5.41) is 12.7. The van der Waals surface area contributed by atoms with Gasteiger partial charge >= 0.3 is 0 Å². The van der Waals surface area contributed by atoms with Crippen LogP contribution in [0.5, 0.6) is 0 Å². The van der Waals surface area contributed by atoms with E-state index in [4.69, 9.17) is 0 Å². The maximum atomic E-state index is 12.5. The Labute approximate surface area is 156 Å². The number of para-hydroxylation sites is 1. The fourth-order valence-electron chi connectivity index (χ4n) is 4.18. The van der Waals surface area contributed by atoms with Crippen LogP contribution in [0.1, 0.15) is 37.7 Å². The lowest BCUT2D eigenvalue weighted by molar-refractivity contribution is -0.123. The van der Waals surface area contributed by atoms with Crippen LogP contribution in [-0.4, -0.2) is 49.6 Å². The van der Waals surface area contributed by atoms with Crippen LogP contribution in [0.4, 0.5) is 5.69 Å². The van der Waals surface area contributed by atoms with Gasteiger partial charge in [-0.2, -0.15) is 5.26 Å². The van der Waals surface area contributed by atoms with Crippen molar-refractivity contribution in [2.24, 2.45) is 11.8 Å². The molecule has 0 radical (unpaired) electrons. The Balaban J connectivity index is 1.31. The van der Waals surface area contributed by atoms with E-state index >= 15 is 0 Å². The van der Waals surface area contributed by atoms with Crippen LogP contribution in [0.2, 0.25) is 0 Å². The summed E-state index contributed by atoms with van der Waals surface area (Å²) >= 11 is 0. The number of carbonyl (C=O) groups is 1. The number of benzene rings is 1. The third-order valence-corrected chi connectivity index (χ3v) is 5.91. The molecule has 4 rings (SSSR count). The zero-order chi connectivity index (χ0) is 17.9. The van der Waals surface area contributed by atoms with Crippen LogP contribution in [0, 0.1) is 23.2 Å². The van der Waals surface area contributed by atoms with Gasteiger partial charge in [-0.1, -0.05) is 12.1 Å². The van der Waals surface area contributed by atoms with Gasteiger partial charge in [-0.05, 0) is 56.1 Å². The molecule has 1 aromatic rings. The Hall–Kier alpha value is -2.06. The van der Waals surface area contributed by atoms with Crippen LogP contribution in [0.25, 0.3) is 0 Å². The molecular weight excluding hydrogens is 324 g/mol. The summed E-state index contributed by atoms with van der Waals surface area (Å²) in [6.07, 6.45) is 6.18. The highest BCUT2D eigenvalue weighted by atomic mass is 16.2. The number of nitrogens with one attached hydrogen (secondary N) is 1. The van der Waals surface area contributed by atoms with E-state index in [0.717, 1.165) is 55.7 Å². The number of amides is 1. The normalized spacial score (nSPS) is 21.3. The van der Waals surface area contributed by atoms with Gasteiger partial charge in [0.25, 0.3) is 0 Å². The van der Waals surface area contributed by atoms with E-state index in [0.29, 0.717) is 12.6 Å². The highest BCUT2D eigenvalue weighted by molar-refractivity contribution is 5.78. The molecule has 5 heteroatoms. The first-order valence-electron chi connectivity index (χ1n) is 10.0. The first-order valence-corrected chi connectivity index (χ1v) is 10.0. The minimum atomic E-state index is 0.194. The molecule has 1 heterocycles. The monoisotopic (exact) mass is 352 g/mol. The molecule has 1 amide bonds. The topological polar surface area (TPSA) is 59.4 Å². The molecule has 5 nitrogen and oxygen atoms in total. The van der Waals surface area contributed by atoms with Crippen molar-refractivity contribution in [3.05, 3.63) is 29.8 Å². The maximum Gasteiger partial charge on any atom is 0.234 e. The van der Waals surface area contributed by atoms with E-state index in [1.807, 2.05) is 24.3 Å². The molecule has 1 aromatic carbocycles. The summed E-state index contributed by atoms with van der Waals surface area (Å²) in [5.41, 5.74) is 1.75. The lowest BCUT2D eigenvalue weighted by Crippen LogP contribution is -2.44. The Morgan fingerprint density at radius 2 is 1.85 bits per heavy atom. The summed E-state index contributed by atoms with van der Waals surface area (Å²) in [7, 11) is 0. The number of anilines is 1. The fourth-order valence-corrected chi connectivity index (χ4v) is 4.18. The van der Waals surface area contributed by atoms with Crippen molar-refractivity contribution in [1.29, 1.82) is 5.26 Å². The van der Waals surface area contributed by atoms with Gasteiger partial charge in [0.05, 0.1) is 17.8 Å². The van der Waals surface area contributed by atoms with Crippen LogP contribution < -0.4 is 10.2 Å². The van der Waals surface area contributed by atoms with E-state index in [-0.39, 0.29) is 5.91 Å². The largest absolute Gasteiger partial charge is 0.369 e. The number of hydrogen-bond acceptors (Lipinski definition) is 4. The first-order chi connectivity index (χ1) is 12.7. The Morgan fingerprint density at radius 3 is 2.54 bits per heavy atom. The third kappa shape index (κ3) is 4.19. The molecule has 0 atom stereocenters. The minimum Gasteiger partial charge on any atom is -0.369 e. The SMILES string of the molecule is N#Cc1ccccc1N1CCCN(CC(=O)NC(C2CC2)C2CC2)CC1. The molecule has 3 fully saturated rings. The molecular formula is C21H28N4O. The highest BCUT2D eigenvalue weighted by Gasteiger charge is 2.42. The second kappa shape index (κ2) is 7.67. The Bertz CT molecular complexity index is 677. The predicted molar refractivity (Wildman–Crippen MR) is 102 cm³/mol. The van der Waals surface area contributed by atoms with Crippen molar-refractivity contribution in [3.63, 3.8) is 0 Å². The predicted octanol–water partition coefficient (Wildman–Crippen LogP) is 2.38. The van der Waals surface area contributed by atoms with Crippen molar-refractivity contribution in [2.75, 3.05) is 37.6 Å². The zero-order valence-electron chi connectivity index (χ0n) is 15.4. The van der Waals surface area contributed by atoms with Crippen molar-refractivity contribution in [3.8, 4) is 6.07 Å². The smallest absolute Gasteiger partial charge is 0.234 e. The second-order valence-electron chi connectivity index (χ2n) is 8.01. The summed E-state index contributed by atoms with van der Waals surface area (Å²) in [6.45, 7) is 4.11. The van der Waals surface area contributed by atoms with Crippen LogP contribution in [0.15, 0.2) is 24.3 Å². The summed E-state index contributed by atoms with van der Waals surface area (Å²) in [4.78, 5) is 17.1. The van der Waals surface area contributed by atoms with Crippen LogP contribution in [-0.2, 0) is 4.79 Å². The standard InChI is InChI=1S/C21H28N4O/c22-14-18-4-1-2-5-19(18)25-11-3-10-24(12-13-25)15-20(26)23-21(16-6-7-16)17-8-9-17/h1-2,4-5,16-17,21H,3,6-13,15H2,(H,23,26). The van der Waals surface area contributed by atoms with Crippen LogP contribution in [0.3, 0.4) is 0 Å². The first kappa shape index (κ1) is 17.4. The van der Waals surface area contributed by atoms with Gasteiger partial charge in [0.15, 0.2) is 0 Å². The number of nitrogens with zero attached hydrogens (tertiary/aromatic N) is 3. The van der Waals surface area contributed by atoms with Crippen molar-refractivity contribution >= 4 is 11.6 Å². The van der Waals surface area contributed by atoms with E-state index in [2.05, 4.69) is 21.2 Å². The van der Waals surface area contributed by atoms with Gasteiger partial charge in [0.2, 0.25) is 5.91 Å². The molecule has 2 aliphatic carbocycles. The Kier molecular flexibility index (Phi) is 5.12. The van der Waals surface area contributed by atoms with Gasteiger partial charge in [-0.3, -0.25) is 9.69 Å². The van der Waals surface area contributed by atoms with E-state index in [1.165, 1.54) is 25.7 Å². The van der Waals surface area contributed by atoms with Gasteiger partial charge in [-0.15, -0.1) is 0 Å². The highest BCUT2D eigenvalue weighted by Crippen LogP contribution is 2.44. The molecule has 0 unspecified atom stereocenters. The lowest BCUT2D eigenvalue weighted by Gasteiger charge is -2.25. The maximum absolute atomic E-state index is 12.5. The number of hydrogen-bond donors (Lipinski definition) is 1. The lowest BCUT2D eigenvalue weighted by atomic mass is 10.1. The number of rotatable bonds is 6. The third-order valence-electron chi connectivity index (χ3n) is 5.91. The van der Waals surface area contributed by atoms with Crippen molar-refractivity contribution < 1.29 is 4.79 Å². The fraction of sp³-hybridized carbons (Fsp3) is 0.619. The molecule has 3 aliphatic rings. The zero-order valence-corrected chi connectivity index (χ0v) is 15.4. The van der Waals surface area contributed by atoms with Crippen molar-refractivity contribution in [1.82, 2.24) is 10.2 Å². The van der Waals surface area contributed by atoms with Gasteiger partial charge in [0, 0.05) is 32.2 Å².